The smallest absolute Gasteiger partial charge is 0.414 e. The van der Waals surface area contributed by atoms with Gasteiger partial charge in [-0.1, -0.05) is 34.8 Å². The number of benzene rings is 1. The molecule has 3 amide bonds. The monoisotopic (exact) mass is 537 g/mol. The second-order valence-electron chi connectivity index (χ2n) is 8.47. The third-order valence-corrected chi connectivity index (χ3v) is 6.25. The van der Waals surface area contributed by atoms with Gasteiger partial charge in [0.2, 0.25) is 15.6 Å². The molecule has 2 fully saturated rings. The van der Waals surface area contributed by atoms with Crippen LogP contribution in [0.3, 0.4) is 0 Å². The Morgan fingerprint density at radius 3 is 2.32 bits per heavy atom. The summed E-state index contributed by atoms with van der Waals surface area (Å²) in [5.41, 5.74) is 1.38. The Balaban J connectivity index is 1.68. The van der Waals surface area contributed by atoms with E-state index >= 15 is 4.39 Å². The number of nitrogens with one attached hydrogen (secondary N) is 2. The van der Waals surface area contributed by atoms with Crippen molar-refractivity contribution >= 4 is 64.1 Å². The molecule has 2 saturated heterocycles. The number of hydrogen-bond donors (Lipinski definition) is 2. The summed E-state index contributed by atoms with van der Waals surface area (Å²) < 4.78 is 19.1. The lowest BCUT2D eigenvalue weighted by Gasteiger charge is -2.49. The van der Waals surface area contributed by atoms with E-state index < -0.39 is 33.9 Å². The minimum absolute atomic E-state index is 0.0340. The fourth-order valence-electron chi connectivity index (χ4n) is 4.07. The molecular weight excluding hydrogens is 512 g/mol. The van der Waals surface area contributed by atoms with Crippen LogP contribution in [-0.4, -0.2) is 77.4 Å². The first kappa shape index (κ1) is 26.6. The Bertz CT molecular complexity index is 928. The van der Waals surface area contributed by atoms with Gasteiger partial charge in [0.25, 0.3) is 0 Å². The zero-order chi connectivity index (χ0) is 25.3. The lowest BCUT2D eigenvalue weighted by molar-refractivity contribution is -0.124. The van der Waals surface area contributed by atoms with Crippen LogP contribution in [0, 0.1) is 0 Å². The van der Waals surface area contributed by atoms with Crippen molar-refractivity contribution in [3.8, 4) is 0 Å². The molecule has 0 radical (unpaired) electrons. The number of cyclic esters (lactones) is 1. The average molecular weight is 539 g/mol. The molecule has 0 aliphatic carbocycles. The first-order valence-corrected chi connectivity index (χ1v) is 11.8. The summed E-state index contributed by atoms with van der Waals surface area (Å²) in [6, 6.07) is 7.08. The lowest BCUT2D eigenvalue weighted by Crippen LogP contribution is -2.68. The quantitative estimate of drug-likeness (QED) is 0.427. The zero-order valence-corrected chi connectivity index (χ0v) is 21.3. The molecule has 2 N–H and O–H groups in total. The topological polar surface area (TPSA) is 94.2 Å². The Morgan fingerprint density at radius 1 is 1.18 bits per heavy atom. The van der Waals surface area contributed by atoms with Crippen LogP contribution in [0.1, 0.15) is 20.8 Å². The minimum atomic E-state index is -1.93. The van der Waals surface area contributed by atoms with Crippen molar-refractivity contribution in [2.75, 3.05) is 42.5 Å². The normalized spacial score (nSPS) is 24.6. The van der Waals surface area contributed by atoms with Crippen molar-refractivity contribution in [2.45, 2.75) is 42.6 Å². The molecule has 9 nitrogen and oxygen atoms in total. The molecule has 188 valence electrons. The van der Waals surface area contributed by atoms with Gasteiger partial charge in [0, 0.05) is 38.3 Å². The summed E-state index contributed by atoms with van der Waals surface area (Å²) in [7, 11) is 0. The third-order valence-electron chi connectivity index (χ3n) is 5.63. The molecule has 2 aliphatic rings. The largest absolute Gasteiger partial charge is 0.442 e. The molecule has 2 aliphatic heterocycles. The fourth-order valence-corrected chi connectivity index (χ4v) is 4.58. The highest BCUT2D eigenvalue weighted by Crippen LogP contribution is 2.38. The highest BCUT2D eigenvalue weighted by molar-refractivity contribution is 6.68. The van der Waals surface area contributed by atoms with Gasteiger partial charge in [0.15, 0.2) is 5.79 Å². The number of rotatable bonds is 6. The lowest BCUT2D eigenvalue weighted by atomic mass is 10.1. The van der Waals surface area contributed by atoms with Gasteiger partial charge in [-0.25, -0.2) is 14.1 Å². The Kier molecular flexibility index (Phi) is 8.07. The van der Waals surface area contributed by atoms with Gasteiger partial charge < -0.3 is 20.3 Å². The first-order chi connectivity index (χ1) is 15.8. The van der Waals surface area contributed by atoms with E-state index in [4.69, 9.17) is 39.5 Å². The van der Waals surface area contributed by atoms with E-state index in [-0.39, 0.29) is 25.5 Å². The second-order valence-corrected chi connectivity index (χ2v) is 10.8. The molecule has 2 unspecified atom stereocenters. The number of carbonyl (C=O) groups is 3. The van der Waals surface area contributed by atoms with Gasteiger partial charge in [-0.05, 0) is 31.2 Å². The van der Waals surface area contributed by atoms with Gasteiger partial charge in [0.1, 0.15) is 12.3 Å². The van der Waals surface area contributed by atoms with Crippen molar-refractivity contribution in [1.82, 2.24) is 15.5 Å². The van der Waals surface area contributed by atoms with Gasteiger partial charge in [-0.15, -0.1) is 0 Å². The van der Waals surface area contributed by atoms with Crippen molar-refractivity contribution in [1.29, 1.82) is 0 Å². The average Bonchev–Trinajstić information content (AvgIpc) is 3.10. The van der Waals surface area contributed by atoms with E-state index in [1.54, 1.807) is 24.3 Å². The number of alkyl halides is 4. The summed E-state index contributed by atoms with van der Waals surface area (Å²) in [6.45, 7) is 5.16. The maximum absolute atomic E-state index is 15.7. The molecule has 13 heteroatoms. The van der Waals surface area contributed by atoms with Crippen molar-refractivity contribution in [3.05, 3.63) is 24.3 Å². The number of ether oxygens (including phenoxy) is 1. The Labute approximate surface area is 212 Å². The van der Waals surface area contributed by atoms with E-state index in [9.17, 15) is 14.4 Å². The molecule has 34 heavy (non-hydrogen) atoms. The van der Waals surface area contributed by atoms with E-state index in [2.05, 4.69) is 10.6 Å². The van der Waals surface area contributed by atoms with Gasteiger partial charge in [0.05, 0.1) is 19.6 Å². The van der Waals surface area contributed by atoms with Crippen LogP contribution in [0.4, 0.5) is 20.6 Å². The number of piperazine rings is 1. The molecule has 1 aromatic carbocycles. The van der Waals surface area contributed by atoms with Crippen LogP contribution in [0.15, 0.2) is 24.3 Å². The van der Waals surface area contributed by atoms with E-state index in [1.807, 2.05) is 4.90 Å². The standard InChI is InChI=1S/C21H27Cl3FN5O4/c1-13(31)26-10-17-11-29(19(33)34-17)16-6-4-15(5-7-16)28-8-9-30(20(3,25)12-28)18(21(22,23)24)27-14(2)32/h4-7,17-18H,8-12H2,1-3H3,(H,26,31)(H,27,32)/t17?,18?,20-/m1/s1. The van der Waals surface area contributed by atoms with Crippen LogP contribution in [-0.2, 0) is 14.3 Å². The molecule has 0 aromatic heterocycles. The summed E-state index contributed by atoms with van der Waals surface area (Å²) >= 11 is 18.1. The number of carbonyl (C=O) groups excluding carboxylic acids is 3. The van der Waals surface area contributed by atoms with Gasteiger partial charge in [-0.2, -0.15) is 0 Å². The number of anilines is 2. The number of halogens is 4. The second kappa shape index (κ2) is 10.3. The number of amides is 3. The van der Waals surface area contributed by atoms with Crippen LogP contribution in [0.2, 0.25) is 0 Å². The highest BCUT2D eigenvalue weighted by Gasteiger charge is 2.48. The zero-order valence-electron chi connectivity index (χ0n) is 19.0. The minimum Gasteiger partial charge on any atom is -0.442 e. The van der Waals surface area contributed by atoms with Crippen molar-refractivity contribution in [2.24, 2.45) is 0 Å². The Hall–Kier alpha value is -2.01. The van der Waals surface area contributed by atoms with Crippen molar-refractivity contribution in [3.63, 3.8) is 0 Å². The molecule has 0 bridgehead atoms. The summed E-state index contributed by atoms with van der Waals surface area (Å²) in [5, 5.41) is 5.16. The molecule has 2 heterocycles. The van der Waals surface area contributed by atoms with Gasteiger partial charge >= 0.3 is 6.09 Å². The Morgan fingerprint density at radius 2 is 1.79 bits per heavy atom. The predicted octanol–water partition coefficient (Wildman–Crippen LogP) is 2.79. The van der Waals surface area contributed by atoms with E-state index in [1.165, 1.54) is 30.6 Å². The molecule has 3 atom stereocenters. The van der Waals surface area contributed by atoms with Gasteiger partial charge in [-0.3, -0.25) is 14.5 Å². The maximum Gasteiger partial charge on any atom is 0.414 e. The number of hydrogen-bond acceptors (Lipinski definition) is 6. The van der Waals surface area contributed by atoms with Crippen molar-refractivity contribution < 1.29 is 23.5 Å². The summed E-state index contributed by atoms with van der Waals surface area (Å²) in [6.07, 6.45) is -2.07. The number of nitrogens with zero attached hydrogens (tertiary/aromatic N) is 3. The molecule has 0 spiro atoms. The van der Waals surface area contributed by atoms with Crippen LogP contribution in [0.25, 0.3) is 0 Å². The molecule has 0 saturated carbocycles. The van der Waals surface area contributed by atoms with Crippen LogP contribution >= 0.6 is 34.8 Å². The molecule has 3 rings (SSSR count). The SMILES string of the molecule is CC(=O)NCC1CN(c2ccc(N3CCN(C(NC(C)=O)C(Cl)(Cl)Cl)[C@@](C)(F)C3)cc2)C(=O)O1. The molecular formula is C21H27Cl3FN5O4. The third kappa shape index (κ3) is 6.35. The summed E-state index contributed by atoms with van der Waals surface area (Å²) in [4.78, 5) is 39.5. The van der Waals surface area contributed by atoms with Crippen LogP contribution in [0.5, 0.6) is 0 Å². The maximum atomic E-state index is 15.7. The molecule has 1 aromatic rings. The highest BCUT2D eigenvalue weighted by atomic mass is 35.6. The van der Waals surface area contributed by atoms with E-state index in [0.29, 0.717) is 18.8 Å². The first-order valence-electron chi connectivity index (χ1n) is 10.6. The fraction of sp³-hybridized carbons (Fsp3) is 0.571. The predicted molar refractivity (Wildman–Crippen MR) is 129 cm³/mol. The van der Waals surface area contributed by atoms with Crippen LogP contribution < -0.4 is 20.4 Å². The summed E-state index contributed by atoms with van der Waals surface area (Å²) in [5.74, 6) is -2.55. The van der Waals surface area contributed by atoms with E-state index in [0.717, 1.165) is 5.69 Å².